The molecule has 0 aliphatic heterocycles. The van der Waals surface area contributed by atoms with Crippen molar-refractivity contribution in [1.82, 2.24) is 5.32 Å². The van der Waals surface area contributed by atoms with Gasteiger partial charge in [-0.2, -0.15) is 0 Å². The first-order valence-electron chi connectivity index (χ1n) is 7.15. The van der Waals surface area contributed by atoms with E-state index in [0.717, 1.165) is 18.4 Å². The fourth-order valence-electron chi connectivity index (χ4n) is 2.25. The van der Waals surface area contributed by atoms with E-state index in [0.29, 0.717) is 12.8 Å². The molecular weight excluding hydrogens is 254 g/mol. The number of rotatable bonds is 8. The van der Waals surface area contributed by atoms with Crippen LogP contribution in [0.25, 0.3) is 0 Å². The summed E-state index contributed by atoms with van der Waals surface area (Å²) >= 11 is 0. The Morgan fingerprint density at radius 2 is 1.85 bits per heavy atom. The van der Waals surface area contributed by atoms with Gasteiger partial charge in [0.1, 0.15) is 6.04 Å². The van der Waals surface area contributed by atoms with Gasteiger partial charge in [-0.05, 0) is 24.3 Å². The van der Waals surface area contributed by atoms with E-state index in [1.165, 1.54) is 0 Å². The van der Waals surface area contributed by atoms with E-state index in [1.807, 2.05) is 44.2 Å². The Morgan fingerprint density at radius 1 is 1.20 bits per heavy atom. The van der Waals surface area contributed by atoms with Gasteiger partial charge in [0.15, 0.2) is 0 Å². The summed E-state index contributed by atoms with van der Waals surface area (Å²) in [5.74, 6) is -1.03. The van der Waals surface area contributed by atoms with Crippen molar-refractivity contribution in [2.75, 3.05) is 0 Å². The maximum absolute atomic E-state index is 12.0. The van der Waals surface area contributed by atoms with Gasteiger partial charge in [0.25, 0.3) is 0 Å². The lowest BCUT2D eigenvalue weighted by atomic mass is 9.93. The zero-order valence-electron chi connectivity index (χ0n) is 12.1. The van der Waals surface area contributed by atoms with Crippen LogP contribution in [0.15, 0.2) is 30.3 Å². The fraction of sp³-hybridized carbons (Fsp3) is 0.500. The molecule has 0 aliphatic rings. The second-order valence-corrected chi connectivity index (χ2v) is 4.97. The van der Waals surface area contributed by atoms with Crippen molar-refractivity contribution in [3.8, 4) is 0 Å². The molecule has 0 spiro atoms. The van der Waals surface area contributed by atoms with Gasteiger partial charge < -0.3 is 10.4 Å². The number of amides is 1. The highest BCUT2D eigenvalue weighted by Crippen LogP contribution is 2.22. The average molecular weight is 277 g/mol. The highest BCUT2D eigenvalue weighted by Gasteiger charge is 2.21. The number of hydrogen-bond donors (Lipinski definition) is 2. The first kappa shape index (κ1) is 16.2. The largest absolute Gasteiger partial charge is 0.480 e. The molecule has 0 fully saturated rings. The van der Waals surface area contributed by atoms with Crippen molar-refractivity contribution in [3.63, 3.8) is 0 Å². The molecule has 0 radical (unpaired) electrons. The molecule has 0 aromatic heterocycles. The summed E-state index contributed by atoms with van der Waals surface area (Å²) in [6, 6.07) is 9.07. The molecular formula is C16H23NO3. The lowest BCUT2D eigenvalue weighted by molar-refractivity contribution is -0.142. The SMILES string of the molecule is CCCC(NC(=O)CC(CC)c1ccccc1)C(=O)O. The van der Waals surface area contributed by atoms with Gasteiger partial charge >= 0.3 is 5.97 Å². The zero-order valence-corrected chi connectivity index (χ0v) is 12.1. The van der Waals surface area contributed by atoms with Crippen molar-refractivity contribution in [3.05, 3.63) is 35.9 Å². The van der Waals surface area contributed by atoms with Crippen molar-refractivity contribution in [2.45, 2.75) is 51.5 Å². The minimum absolute atomic E-state index is 0.132. The van der Waals surface area contributed by atoms with Crippen molar-refractivity contribution < 1.29 is 14.7 Å². The van der Waals surface area contributed by atoms with Gasteiger partial charge in [0, 0.05) is 6.42 Å². The number of benzene rings is 1. The van der Waals surface area contributed by atoms with Crippen LogP contribution in [-0.4, -0.2) is 23.0 Å². The van der Waals surface area contributed by atoms with Crippen LogP contribution in [0.4, 0.5) is 0 Å². The minimum Gasteiger partial charge on any atom is -0.480 e. The van der Waals surface area contributed by atoms with Crippen molar-refractivity contribution in [1.29, 1.82) is 0 Å². The van der Waals surface area contributed by atoms with E-state index in [9.17, 15) is 9.59 Å². The van der Waals surface area contributed by atoms with Gasteiger partial charge in [0.2, 0.25) is 5.91 Å². The third kappa shape index (κ3) is 5.03. The maximum atomic E-state index is 12.0. The predicted molar refractivity (Wildman–Crippen MR) is 78.6 cm³/mol. The molecule has 0 aliphatic carbocycles. The molecule has 20 heavy (non-hydrogen) atoms. The van der Waals surface area contributed by atoms with E-state index in [4.69, 9.17) is 5.11 Å². The van der Waals surface area contributed by atoms with Crippen LogP contribution in [0.1, 0.15) is 51.0 Å². The molecule has 4 nitrogen and oxygen atoms in total. The molecule has 0 saturated carbocycles. The van der Waals surface area contributed by atoms with Crippen molar-refractivity contribution in [2.24, 2.45) is 0 Å². The molecule has 1 rings (SSSR count). The first-order valence-corrected chi connectivity index (χ1v) is 7.15. The van der Waals surface area contributed by atoms with Crippen molar-refractivity contribution >= 4 is 11.9 Å². The second-order valence-electron chi connectivity index (χ2n) is 4.97. The Balaban J connectivity index is 2.61. The molecule has 0 saturated heterocycles. The monoisotopic (exact) mass is 277 g/mol. The molecule has 1 amide bonds. The summed E-state index contributed by atoms with van der Waals surface area (Å²) < 4.78 is 0. The Kier molecular flexibility index (Phi) is 6.77. The number of aliphatic carboxylic acids is 1. The summed E-state index contributed by atoms with van der Waals surface area (Å²) in [7, 11) is 0. The molecule has 110 valence electrons. The normalized spacial score (nSPS) is 13.5. The van der Waals surface area contributed by atoms with E-state index in [-0.39, 0.29) is 11.8 Å². The molecule has 2 atom stereocenters. The van der Waals surface area contributed by atoms with Crippen LogP contribution in [0.3, 0.4) is 0 Å². The quantitative estimate of drug-likeness (QED) is 0.767. The Labute approximate surface area is 120 Å². The number of nitrogens with one attached hydrogen (secondary N) is 1. The molecule has 1 aromatic rings. The topological polar surface area (TPSA) is 66.4 Å². The number of carbonyl (C=O) groups is 2. The lowest BCUT2D eigenvalue weighted by Crippen LogP contribution is -2.41. The smallest absolute Gasteiger partial charge is 0.326 e. The molecule has 4 heteroatoms. The van der Waals surface area contributed by atoms with Gasteiger partial charge in [-0.25, -0.2) is 4.79 Å². The summed E-state index contributed by atoms with van der Waals surface area (Å²) in [4.78, 5) is 23.0. The van der Waals surface area contributed by atoms with E-state index in [1.54, 1.807) is 0 Å². The summed E-state index contributed by atoms with van der Waals surface area (Å²) in [5.41, 5.74) is 1.12. The van der Waals surface area contributed by atoms with Crippen LogP contribution < -0.4 is 5.32 Å². The Hall–Kier alpha value is -1.84. The Morgan fingerprint density at radius 3 is 2.35 bits per heavy atom. The Bertz CT molecular complexity index is 431. The lowest BCUT2D eigenvalue weighted by Gasteiger charge is -2.18. The number of carbonyl (C=O) groups excluding carboxylic acids is 1. The van der Waals surface area contributed by atoms with Crippen LogP contribution in [-0.2, 0) is 9.59 Å². The highest BCUT2D eigenvalue weighted by molar-refractivity contribution is 5.83. The summed E-state index contributed by atoms with van der Waals surface area (Å²) in [6.07, 6.45) is 2.37. The number of hydrogen-bond acceptors (Lipinski definition) is 2. The van der Waals surface area contributed by atoms with E-state index in [2.05, 4.69) is 5.32 Å². The number of carboxylic acid groups (broad SMARTS) is 1. The third-order valence-electron chi connectivity index (χ3n) is 3.41. The highest BCUT2D eigenvalue weighted by atomic mass is 16.4. The van der Waals surface area contributed by atoms with Gasteiger partial charge in [0.05, 0.1) is 0 Å². The molecule has 1 aromatic carbocycles. The number of carboxylic acids is 1. The van der Waals surface area contributed by atoms with Gasteiger partial charge in [-0.15, -0.1) is 0 Å². The van der Waals surface area contributed by atoms with Crippen LogP contribution >= 0.6 is 0 Å². The van der Waals surface area contributed by atoms with Crippen LogP contribution in [0.2, 0.25) is 0 Å². The standard InChI is InChI=1S/C16H23NO3/c1-3-8-14(16(19)20)17-15(18)11-12(4-2)13-9-6-5-7-10-13/h5-7,9-10,12,14H,3-4,8,11H2,1-2H3,(H,17,18)(H,19,20). The molecule has 0 heterocycles. The third-order valence-corrected chi connectivity index (χ3v) is 3.41. The second kappa shape index (κ2) is 8.35. The minimum atomic E-state index is -0.965. The van der Waals surface area contributed by atoms with E-state index >= 15 is 0 Å². The van der Waals surface area contributed by atoms with Gasteiger partial charge in [-0.1, -0.05) is 50.6 Å². The summed E-state index contributed by atoms with van der Waals surface area (Å²) in [5, 5.41) is 11.7. The molecule has 2 N–H and O–H groups in total. The van der Waals surface area contributed by atoms with E-state index < -0.39 is 12.0 Å². The fourth-order valence-corrected chi connectivity index (χ4v) is 2.25. The van der Waals surface area contributed by atoms with Crippen LogP contribution in [0.5, 0.6) is 0 Å². The molecule has 0 bridgehead atoms. The zero-order chi connectivity index (χ0) is 15.0. The molecule has 2 unspecified atom stereocenters. The first-order chi connectivity index (χ1) is 9.58. The summed E-state index contributed by atoms with van der Waals surface area (Å²) in [6.45, 7) is 3.94. The van der Waals surface area contributed by atoms with Crippen LogP contribution in [0, 0.1) is 0 Å². The maximum Gasteiger partial charge on any atom is 0.326 e. The van der Waals surface area contributed by atoms with Gasteiger partial charge in [-0.3, -0.25) is 4.79 Å². The average Bonchev–Trinajstić information content (AvgIpc) is 2.45. The predicted octanol–water partition coefficient (Wildman–Crippen LogP) is 2.94.